The van der Waals surface area contributed by atoms with Gasteiger partial charge < -0.3 is 35.2 Å². The van der Waals surface area contributed by atoms with Crippen molar-refractivity contribution in [2.75, 3.05) is 44.9 Å². The number of ether oxygens (including phenoxy) is 2. The normalized spacial score (nSPS) is 22.0. The summed E-state index contributed by atoms with van der Waals surface area (Å²) >= 11 is 0. The molecule has 3 aliphatic heterocycles. The van der Waals surface area contributed by atoms with Gasteiger partial charge >= 0.3 is 6.92 Å². The number of likely N-dealkylation sites (N-methyl/N-ethyl adjacent to an activating group) is 2. The number of benzene rings is 1. The third kappa shape index (κ3) is 11.7. The molecule has 0 saturated carbocycles. The van der Waals surface area contributed by atoms with Crippen molar-refractivity contribution in [1.82, 2.24) is 10.3 Å². The van der Waals surface area contributed by atoms with Crippen molar-refractivity contribution >= 4 is 30.1 Å². The zero-order valence-corrected chi connectivity index (χ0v) is 36.5. The number of carbonyl (C=O) groups excluding carboxylic acids is 1. The summed E-state index contributed by atoms with van der Waals surface area (Å²) in [6.45, 7) is 27.3. The topological polar surface area (TPSA) is 119 Å². The second-order valence-electron chi connectivity index (χ2n) is 17.3. The number of nitrogens with zero attached hydrogens (tertiary/aromatic N) is 2. The van der Waals surface area contributed by atoms with Crippen LogP contribution < -0.4 is 21.4 Å². The molecule has 1 fully saturated rings. The number of carbonyl (C=O) groups is 1. The molecular formula is C45H75BN4O5. The first kappa shape index (κ1) is 46.6. The third-order valence-corrected chi connectivity index (χ3v) is 11.9. The van der Waals surface area contributed by atoms with Gasteiger partial charge in [0.25, 0.3) is 6.47 Å². The highest BCUT2D eigenvalue weighted by Crippen LogP contribution is 2.54. The Kier molecular flexibility index (Phi) is 17.9. The molecule has 0 aliphatic carbocycles. The van der Waals surface area contributed by atoms with Crippen LogP contribution in [0.5, 0.6) is 0 Å². The summed E-state index contributed by atoms with van der Waals surface area (Å²) in [6, 6.07) is 9.18. The lowest BCUT2D eigenvalue weighted by molar-refractivity contribution is -0.131. The Hall–Kier alpha value is -2.76. The average Bonchev–Trinajstić information content (AvgIpc) is 3.42. The highest BCUT2D eigenvalue weighted by atomic mass is 16.5. The van der Waals surface area contributed by atoms with Crippen molar-refractivity contribution < 1.29 is 24.0 Å². The molecule has 2 aromatic rings. The lowest BCUT2D eigenvalue weighted by atomic mass is 9.54. The molecule has 10 heteroatoms. The number of fused-ring (bicyclic) bond motifs is 1. The van der Waals surface area contributed by atoms with Gasteiger partial charge in [-0.2, -0.15) is 0 Å². The first-order valence-corrected chi connectivity index (χ1v) is 21.1. The number of pyridine rings is 1. The van der Waals surface area contributed by atoms with Gasteiger partial charge in [-0.3, -0.25) is 9.78 Å². The summed E-state index contributed by atoms with van der Waals surface area (Å²) in [5.41, 5.74) is 12.5. The van der Waals surface area contributed by atoms with Crippen LogP contribution in [0.25, 0.3) is 5.57 Å². The Balaban J connectivity index is 0.000000812. The van der Waals surface area contributed by atoms with Crippen molar-refractivity contribution in [3.8, 4) is 0 Å². The third-order valence-electron chi connectivity index (χ3n) is 11.9. The van der Waals surface area contributed by atoms with Gasteiger partial charge in [0.05, 0.1) is 43.3 Å². The number of aliphatic hydroxyl groups is 1. The summed E-state index contributed by atoms with van der Waals surface area (Å²) in [6.07, 6.45) is 11.1. The smallest absolute Gasteiger partial charge is 0.327 e. The Morgan fingerprint density at radius 1 is 1.15 bits per heavy atom. The molecule has 1 saturated heterocycles. The number of aliphatic hydroxyl groups excluding tert-OH is 1. The molecule has 0 bridgehead atoms. The largest absolute Gasteiger partial charge is 0.467 e. The highest BCUT2D eigenvalue weighted by molar-refractivity contribution is 6.68. The fourth-order valence-corrected chi connectivity index (χ4v) is 8.21. The maximum atomic E-state index is 11.2. The molecular weight excluding hydrogens is 687 g/mol. The Morgan fingerprint density at radius 3 is 2.45 bits per heavy atom. The van der Waals surface area contributed by atoms with Crippen molar-refractivity contribution in [2.24, 2.45) is 16.6 Å². The van der Waals surface area contributed by atoms with E-state index in [0.29, 0.717) is 32.0 Å². The van der Waals surface area contributed by atoms with E-state index in [2.05, 4.69) is 95.9 Å². The molecule has 4 atom stereocenters. The summed E-state index contributed by atoms with van der Waals surface area (Å²) in [7, 11) is 1.95. The standard InChI is InChI=1S/C37H54BN3O5.C6H15N.C2H6/c1-10-41-32-12-11-27(38-21-36(5,6)37(7,8)46-38)17-29(32)31(18-35(3,4)22-45-23-42)34(41)30-16-26(19-40-33(30)24(2)43)25-13-14-44-20-28(15-25)39-9;1-2-3-4-5-6-7;1-2/h11-12,15-17,19,23-24,28,31,34,39,43H,10,13-14,18,20-22H2,1-9H3;2-7H2,1H3;1-2H3. The molecule has 4 heterocycles. The molecule has 4 N–H and O–H groups in total. The Bertz CT molecular complexity index is 1510. The van der Waals surface area contributed by atoms with E-state index in [1.807, 2.05) is 27.1 Å². The van der Waals surface area contributed by atoms with Crippen molar-refractivity contribution in [1.29, 1.82) is 0 Å². The van der Waals surface area contributed by atoms with E-state index in [1.54, 1.807) is 6.92 Å². The van der Waals surface area contributed by atoms with Gasteiger partial charge in [0.1, 0.15) is 0 Å². The van der Waals surface area contributed by atoms with Crippen molar-refractivity contribution in [3.05, 3.63) is 58.9 Å². The van der Waals surface area contributed by atoms with E-state index >= 15 is 0 Å². The van der Waals surface area contributed by atoms with E-state index in [0.717, 1.165) is 43.4 Å². The van der Waals surface area contributed by atoms with E-state index in [4.69, 9.17) is 24.8 Å². The molecule has 3 aliphatic rings. The molecule has 0 amide bonds. The number of hydrogen-bond acceptors (Lipinski definition) is 9. The van der Waals surface area contributed by atoms with Crippen LogP contribution in [0, 0.1) is 10.8 Å². The zero-order chi connectivity index (χ0) is 41.0. The van der Waals surface area contributed by atoms with Crippen LogP contribution in [0.15, 0.2) is 36.5 Å². The first-order valence-electron chi connectivity index (χ1n) is 21.1. The number of aromatic nitrogens is 1. The van der Waals surface area contributed by atoms with E-state index < -0.39 is 6.10 Å². The SMILES string of the molecule is CC.CCCCCCN.CCN1c2ccc(B3CC(C)(C)C(C)(C)O3)cc2C(CC(C)(C)COC=O)C1c1cc(C2=CC(NC)COCC2)cnc1C(C)O. The van der Waals surface area contributed by atoms with Gasteiger partial charge in [-0.1, -0.05) is 85.9 Å². The molecule has 0 radical (unpaired) electrons. The predicted molar refractivity (Wildman–Crippen MR) is 230 cm³/mol. The van der Waals surface area contributed by atoms with Crippen LogP contribution >= 0.6 is 0 Å². The minimum Gasteiger partial charge on any atom is -0.467 e. The molecule has 0 spiro atoms. The van der Waals surface area contributed by atoms with Crippen LogP contribution in [0.1, 0.15) is 155 Å². The maximum Gasteiger partial charge on any atom is 0.327 e. The Morgan fingerprint density at radius 2 is 1.87 bits per heavy atom. The fraction of sp³-hybridized carbons (Fsp3) is 0.689. The highest BCUT2D eigenvalue weighted by Gasteiger charge is 2.51. The van der Waals surface area contributed by atoms with Gasteiger partial charge in [-0.25, -0.2) is 0 Å². The molecule has 55 heavy (non-hydrogen) atoms. The number of unbranched alkanes of at least 4 members (excludes halogenated alkanes) is 3. The Labute approximate surface area is 334 Å². The van der Waals surface area contributed by atoms with Crippen molar-refractivity contribution in [2.45, 2.75) is 151 Å². The van der Waals surface area contributed by atoms with Crippen LogP contribution in [0.3, 0.4) is 0 Å². The predicted octanol–water partition coefficient (Wildman–Crippen LogP) is 8.37. The molecule has 308 valence electrons. The summed E-state index contributed by atoms with van der Waals surface area (Å²) < 4.78 is 17.9. The summed E-state index contributed by atoms with van der Waals surface area (Å²) in [5.74, 6) is 0.0635. The van der Waals surface area contributed by atoms with Gasteiger partial charge in [0.15, 0.2) is 0 Å². The second-order valence-corrected chi connectivity index (χ2v) is 17.3. The minimum absolute atomic E-state index is 0.0130. The molecule has 4 unspecified atom stereocenters. The first-order chi connectivity index (χ1) is 26.1. The van der Waals surface area contributed by atoms with Crippen LogP contribution in [-0.4, -0.2) is 75.1 Å². The maximum absolute atomic E-state index is 11.2. The minimum atomic E-state index is -0.734. The van der Waals surface area contributed by atoms with Crippen LogP contribution in [0.4, 0.5) is 5.69 Å². The summed E-state index contributed by atoms with van der Waals surface area (Å²) in [4.78, 5) is 18.6. The second kappa shape index (κ2) is 21.1. The van der Waals surface area contributed by atoms with Gasteiger partial charge in [-0.15, -0.1) is 0 Å². The zero-order valence-electron chi connectivity index (χ0n) is 36.5. The number of nitrogens with one attached hydrogen (secondary N) is 1. The lowest BCUT2D eigenvalue weighted by Gasteiger charge is -2.35. The van der Waals surface area contributed by atoms with Crippen LogP contribution in [0.2, 0.25) is 6.32 Å². The fourth-order valence-electron chi connectivity index (χ4n) is 8.21. The molecule has 9 nitrogen and oxygen atoms in total. The molecule has 5 rings (SSSR count). The molecule has 1 aromatic carbocycles. The quantitative estimate of drug-likeness (QED) is 0.0935. The monoisotopic (exact) mass is 763 g/mol. The van der Waals surface area contributed by atoms with Gasteiger partial charge in [-0.05, 0) is 118 Å². The van der Waals surface area contributed by atoms with Gasteiger partial charge in [0, 0.05) is 30.4 Å². The number of nitrogens with two attached hydrogens (primary N) is 1. The van der Waals surface area contributed by atoms with Gasteiger partial charge in [0.2, 0.25) is 0 Å². The van der Waals surface area contributed by atoms with Crippen molar-refractivity contribution in [3.63, 3.8) is 0 Å². The number of anilines is 1. The van der Waals surface area contributed by atoms with E-state index in [1.165, 1.54) is 48.0 Å². The molecule has 1 aromatic heterocycles. The van der Waals surface area contributed by atoms with Crippen LogP contribution in [-0.2, 0) is 18.9 Å². The van der Waals surface area contributed by atoms with E-state index in [-0.39, 0.29) is 41.3 Å². The average molecular weight is 763 g/mol. The number of hydrogen-bond donors (Lipinski definition) is 3. The van der Waals surface area contributed by atoms with E-state index in [9.17, 15) is 9.90 Å². The number of rotatable bonds is 15. The summed E-state index contributed by atoms with van der Waals surface area (Å²) in [5, 5.41) is 14.4. The lowest BCUT2D eigenvalue weighted by Crippen LogP contribution is -2.36.